The lowest BCUT2D eigenvalue weighted by molar-refractivity contribution is 0.120. The Morgan fingerprint density at radius 2 is 2.06 bits per heavy atom. The van der Waals surface area contributed by atoms with Crippen molar-refractivity contribution in [1.82, 2.24) is 25.1 Å². The molecule has 170 valence electrons. The summed E-state index contributed by atoms with van der Waals surface area (Å²) in [5.41, 5.74) is 2.87. The van der Waals surface area contributed by atoms with Crippen LogP contribution in [0.15, 0.2) is 24.5 Å². The molecule has 1 aliphatic carbocycles. The Balaban J connectivity index is 1.37. The van der Waals surface area contributed by atoms with E-state index in [0.29, 0.717) is 17.5 Å². The van der Waals surface area contributed by atoms with E-state index in [1.165, 1.54) is 0 Å². The van der Waals surface area contributed by atoms with Crippen LogP contribution in [0.1, 0.15) is 62.2 Å². The smallest absolute Gasteiger partial charge is 0.250 e. The highest BCUT2D eigenvalue weighted by Crippen LogP contribution is 2.36. The van der Waals surface area contributed by atoms with Crippen molar-refractivity contribution in [2.45, 2.75) is 64.0 Å². The summed E-state index contributed by atoms with van der Waals surface area (Å²) >= 11 is 0. The zero-order valence-electron chi connectivity index (χ0n) is 18.8. The number of anilines is 1. The van der Waals surface area contributed by atoms with Gasteiger partial charge in [0, 0.05) is 42.9 Å². The van der Waals surface area contributed by atoms with Crippen molar-refractivity contribution < 1.29 is 9.13 Å². The maximum absolute atomic E-state index is 14.3. The van der Waals surface area contributed by atoms with Crippen LogP contribution in [-0.2, 0) is 0 Å². The summed E-state index contributed by atoms with van der Waals surface area (Å²) in [6.45, 7) is 6.65. The Hall–Kier alpha value is -2.74. The molecule has 2 fully saturated rings. The molecular formula is C24H31FN6O. The molecule has 0 amide bonds. The second kappa shape index (κ2) is 9.02. The van der Waals surface area contributed by atoms with Gasteiger partial charge in [-0.1, -0.05) is 0 Å². The van der Waals surface area contributed by atoms with Gasteiger partial charge >= 0.3 is 0 Å². The van der Waals surface area contributed by atoms with Crippen LogP contribution in [0, 0.1) is 12.7 Å². The molecule has 32 heavy (non-hydrogen) atoms. The van der Waals surface area contributed by atoms with Crippen molar-refractivity contribution in [3.8, 4) is 5.88 Å². The van der Waals surface area contributed by atoms with Crippen LogP contribution in [0.3, 0.4) is 0 Å². The minimum absolute atomic E-state index is 0.0191. The van der Waals surface area contributed by atoms with E-state index < -0.39 is 0 Å². The average molecular weight is 439 g/mol. The van der Waals surface area contributed by atoms with Crippen LogP contribution in [0.2, 0.25) is 0 Å². The first-order valence-electron chi connectivity index (χ1n) is 11.7. The van der Waals surface area contributed by atoms with Crippen LogP contribution in [0.4, 0.5) is 10.2 Å². The molecule has 3 aromatic rings. The van der Waals surface area contributed by atoms with Crippen molar-refractivity contribution in [3.05, 3.63) is 41.6 Å². The van der Waals surface area contributed by atoms with E-state index in [1.54, 1.807) is 19.2 Å². The van der Waals surface area contributed by atoms with Gasteiger partial charge in [-0.25, -0.2) is 14.4 Å². The van der Waals surface area contributed by atoms with Crippen LogP contribution in [0.5, 0.6) is 5.88 Å². The van der Waals surface area contributed by atoms with Gasteiger partial charge in [0.05, 0.1) is 17.3 Å². The van der Waals surface area contributed by atoms with E-state index in [2.05, 4.69) is 38.3 Å². The van der Waals surface area contributed by atoms with Crippen molar-refractivity contribution in [3.63, 3.8) is 0 Å². The van der Waals surface area contributed by atoms with Crippen molar-refractivity contribution in [2.75, 3.05) is 25.0 Å². The molecule has 0 aromatic carbocycles. The molecule has 2 aliphatic rings. The zero-order valence-corrected chi connectivity index (χ0v) is 18.8. The number of ether oxygens (including phenoxy) is 1. The van der Waals surface area contributed by atoms with Crippen molar-refractivity contribution >= 4 is 16.7 Å². The highest BCUT2D eigenvalue weighted by molar-refractivity contribution is 5.84. The van der Waals surface area contributed by atoms with Gasteiger partial charge < -0.3 is 15.4 Å². The van der Waals surface area contributed by atoms with Gasteiger partial charge in [-0.3, -0.25) is 4.68 Å². The van der Waals surface area contributed by atoms with E-state index in [1.807, 2.05) is 6.20 Å². The SMILES string of the molecule is CCNc1cc2c(cn1)c(C1CCNC1)nn2C1CCC(Oc2nccc(C)c2F)CC1. The van der Waals surface area contributed by atoms with E-state index in [-0.39, 0.29) is 17.8 Å². The fourth-order valence-electron chi connectivity index (χ4n) is 4.96. The average Bonchev–Trinajstić information content (AvgIpc) is 3.46. The van der Waals surface area contributed by atoms with E-state index in [4.69, 9.17) is 9.84 Å². The topological polar surface area (TPSA) is 76.9 Å². The second-order valence-electron chi connectivity index (χ2n) is 8.93. The molecule has 7 nitrogen and oxygen atoms in total. The number of aromatic nitrogens is 4. The molecule has 2 N–H and O–H groups in total. The largest absolute Gasteiger partial charge is 0.472 e. The number of nitrogens with one attached hydrogen (secondary N) is 2. The Labute approximate surface area is 187 Å². The number of fused-ring (bicyclic) bond motifs is 1. The molecule has 1 aliphatic heterocycles. The number of nitrogens with zero attached hydrogens (tertiary/aromatic N) is 4. The van der Waals surface area contributed by atoms with Crippen molar-refractivity contribution in [1.29, 1.82) is 0 Å². The molecule has 1 saturated heterocycles. The molecule has 5 rings (SSSR count). The summed E-state index contributed by atoms with van der Waals surface area (Å²) in [5.74, 6) is 1.08. The number of hydrogen-bond acceptors (Lipinski definition) is 6. The number of pyridine rings is 2. The quantitative estimate of drug-likeness (QED) is 0.596. The predicted molar refractivity (Wildman–Crippen MR) is 123 cm³/mol. The van der Waals surface area contributed by atoms with Crippen molar-refractivity contribution in [2.24, 2.45) is 0 Å². The van der Waals surface area contributed by atoms with E-state index >= 15 is 0 Å². The fourth-order valence-corrected chi connectivity index (χ4v) is 4.96. The first-order chi connectivity index (χ1) is 15.6. The van der Waals surface area contributed by atoms with Crippen LogP contribution < -0.4 is 15.4 Å². The van der Waals surface area contributed by atoms with E-state index in [9.17, 15) is 4.39 Å². The minimum Gasteiger partial charge on any atom is -0.472 e. The maximum atomic E-state index is 14.3. The normalized spacial score (nSPS) is 23.5. The number of aryl methyl sites for hydroxylation is 1. The summed E-state index contributed by atoms with van der Waals surface area (Å²) in [5, 5.41) is 13.1. The lowest BCUT2D eigenvalue weighted by Crippen LogP contribution is -2.27. The molecule has 0 bridgehead atoms. The molecule has 3 aromatic heterocycles. The molecule has 1 unspecified atom stereocenters. The lowest BCUT2D eigenvalue weighted by atomic mass is 9.93. The molecule has 1 atom stereocenters. The Morgan fingerprint density at radius 1 is 1.22 bits per heavy atom. The zero-order chi connectivity index (χ0) is 22.1. The maximum Gasteiger partial charge on any atom is 0.250 e. The molecular weight excluding hydrogens is 407 g/mol. The van der Waals surface area contributed by atoms with Gasteiger partial charge in [0.1, 0.15) is 11.9 Å². The standard InChI is InChI=1S/C24H31FN6O/c1-3-27-21-12-20-19(14-29-21)23(16-9-10-26-13-16)30-31(20)17-4-6-18(7-5-17)32-24-22(25)15(2)8-11-28-24/h8,11-12,14,16-18,26H,3-7,9-10,13H2,1-2H3,(H,27,29). The van der Waals surface area contributed by atoms with Crippen LogP contribution >= 0.6 is 0 Å². The predicted octanol–water partition coefficient (Wildman–Crippen LogP) is 4.35. The third-order valence-corrected chi connectivity index (χ3v) is 6.74. The summed E-state index contributed by atoms with van der Waals surface area (Å²) in [6, 6.07) is 4.09. The van der Waals surface area contributed by atoms with Gasteiger partial charge in [-0.05, 0) is 64.1 Å². The van der Waals surface area contributed by atoms with E-state index in [0.717, 1.165) is 74.2 Å². The number of hydrogen-bond donors (Lipinski definition) is 2. The minimum atomic E-state index is -0.356. The third-order valence-electron chi connectivity index (χ3n) is 6.74. The van der Waals surface area contributed by atoms with Gasteiger partial charge in [0.2, 0.25) is 0 Å². The first kappa shape index (κ1) is 21.1. The summed E-state index contributed by atoms with van der Waals surface area (Å²) < 4.78 is 22.5. The molecule has 0 spiro atoms. The first-order valence-corrected chi connectivity index (χ1v) is 11.7. The Bertz CT molecular complexity index is 1090. The fraction of sp³-hybridized carbons (Fsp3) is 0.542. The second-order valence-corrected chi connectivity index (χ2v) is 8.93. The monoisotopic (exact) mass is 438 g/mol. The molecule has 8 heteroatoms. The van der Waals surface area contributed by atoms with Gasteiger partial charge in [0.15, 0.2) is 5.82 Å². The van der Waals surface area contributed by atoms with Gasteiger partial charge in [0.25, 0.3) is 5.88 Å². The number of halogens is 1. The molecule has 0 radical (unpaired) electrons. The molecule has 1 saturated carbocycles. The Kier molecular flexibility index (Phi) is 5.95. The number of rotatable bonds is 6. The summed E-state index contributed by atoms with van der Waals surface area (Å²) in [7, 11) is 0. The Morgan fingerprint density at radius 3 is 2.81 bits per heavy atom. The van der Waals surface area contributed by atoms with Gasteiger partial charge in [-0.15, -0.1) is 0 Å². The highest BCUT2D eigenvalue weighted by atomic mass is 19.1. The molecule has 4 heterocycles. The van der Waals surface area contributed by atoms with Crippen LogP contribution in [0.25, 0.3) is 10.9 Å². The summed E-state index contributed by atoms with van der Waals surface area (Å²) in [4.78, 5) is 8.71. The lowest BCUT2D eigenvalue weighted by Gasteiger charge is -2.29. The third kappa shape index (κ3) is 4.03. The summed E-state index contributed by atoms with van der Waals surface area (Å²) in [6.07, 6.45) is 8.26. The van der Waals surface area contributed by atoms with Crippen LogP contribution in [-0.4, -0.2) is 45.5 Å². The highest BCUT2D eigenvalue weighted by Gasteiger charge is 2.29. The van der Waals surface area contributed by atoms with Gasteiger partial charge in [-0.2, -0.15) is 5.10 Å².